The Balaban J connectivity index is 6.02. The Morgan fingerprint density at radius 1 is 0.0338 bits per heavy atom. The van der Waals surface area contributed by atoms with Gasteiger partial charge in [0.15, 0.2) is 0 Å². The SMILES string of the molecule is II(I)I(I)I(I)I(I)I(I)I(I)I(I)I(I)I(I)I(I)I(I)I(I)I(I)I(I)I(I)I(I)I(I)I(I)I(I)I(I)I(I)I(I)I(I)I(I)I(I)I(I)I(I)I(I)I(I)I(I)I(I)I(I)I(I)I(I)I(I)I(I)I(I)I(I)I(I)I(I)I(I)I(I)I(I)I(I)I(I)I(I)I(I)I(I)I(I)I(I)I(I)I(I)I(I)I(I)I(I)I(I)I(I)I(I)I(I)I(I)I(I)I(I)I(I)I(I)I(I)I(I)I(I)I(I)I(I)I(I)I(I)I(I)I(I)I. The average molecular weight is 18800 g/mol. The van der Waals surface area contributed by atoms with Crippen LogP contribution in [0, 0.1) is 0 Å². The molecule has 0 fully saturated rings. The van der Waals surface area contributed by atoms with Crippen LogP contribution in [0.5, 0.6) is 0 Å². The molecule has 0 aliphatic rings. The molecule has 0 spiro atoms. The molecule has 0 unspecified atom stereocenters. The standard InChI is InChI=1S/I148/c1-76(2)78(5)80(7)82(9)84(11)86(13)88(15)90(17)92(19)94(21)96(23)98(25)100(27)102(29)104(31)106(33)108(35)110(37)112(39)114(41)116(43)118(45)120(47)122(49)124(51)126(53)128(55)130(57)132(59)134(61)136(63)138(65)140(67)142(69)144(71)146(73)148(75)147(74)145(72)143(70)141(68)139(66)137(64)135(62)133(60)131(58)129(56)127(54)125(52)123(50)121(48)119(46)117(44)115(42)113(40)111(38)109(36)107(34)105(32)103(30)101(28)99(26)97(24)95(22)93(20)91(18)89(16)87(14)85(12)83(10)81(8)79(6)77(3)4. The van der Waals surface area contributed by atoms with E-state index in [1.54, 1.807) is 0 Å². The number of halogens is 148. The molecule has 1036 valence electrons. The monoisotopic (exact) mass is 18800 g/mol. The molecule has 148 heteroatoms. The van der Waals surface area contributed by atoms with Gasteiger partial charge in [-0.2, -0.15) is 0 Å². The molecular formula is I148. The summed E-state index contributed by atoms with van der Waals surface area (Å²) in [6.45, 7) is 0. The van der Waals surface area contributed by atoms with E-state index < -0.39 is 576 Å². The van der Waals surface area contributed by atoms with E-state index in [1.807, 2.05) is 0 Å². The first kappa shape index (κ1) is 256. The van der Waals surface area contributed by atoms with Gasteiger partial charge in [-0.1, -0.05) is 0 Å². The summed E-state index contributed by atoms with van der Waals surface area (Å²) in [5.41, 5.74) is 0. The van der Waals surface area contributed by atoms with Gasteiger partial charge >= 0.3 is 1970 Å². The Morgan fingerprint density at radius 3 is 0.0743 bits per heavy atom. The van der Waals surface area contributed by atoms with Crippen molar-refractivity contribution >= 4 is 1970 Å². The first-order valence-electron chi connectivity index (χ1n) is 21.0. The molecule has 0 aromatic rings. The van der Waals surface area contributed by atoms with Crippen LogP contribution in [0.4, 0.5) is 0 Å². The van der Waals surface area contributed by atoms with Crippen LogP contribution >= 0.6 is 1970 Å². The molecule has 0 atom stereocenters. The Labute approximate surface area is 1850 Å². The van der Waals surface area contributed by atoms with Gasteiger partial charge in [0, 0.05) is 0 Å². The molecule has 0 radical (unpaired) electrons. The molecule has 0 heterocycles. The summed E-state index contributed by atoms with van der Waals surface area (Å²) in [6.07, 6.45) is 0. The Bertz CT molecular complexity index is 2880. The van der Waals surface area contributed by atoms with Gasteiger partial charge in [0.2, 0.25) is 0 Å². The van der Waals surface area contributed by atoms with Gasteiger partial charge in [-0.3, -0.25) is 0 Å². The minimum atomic E-state index is -0.692. The molecule has 0 aromatic carbocycles. The summed E-state index contributed by atoms with van der Waals surface area (Å²) < 4.78 is 0. The second-order valence-electron chi connectivity index (χ2n) is 11.8. The van der Waals surface area contributed by atoms with E-state index >= 15 is 0 Å². The zero-order chi connectivity index (χ0) is 117. The Kier molecular flexibility index (Phi) is 266. The van der Waals surface area contributed by atoms with Crippen molar-refractivity contribution in [3.8, 4) is 0 Å². The zero-order valence-electron chi connectivity index (χ0n) is 55.9. The third kappa shape index (κ3) is 104. The van der Waals surface area contributed by atoms with Crippen molar-refractivity contribution in [2.24, 2.45) is 0 Å². The first-order valence-corrected chi connectivity index (χ1v) is 945. The summed E-state index contributed by atoms with van der Waals surface area (Å²) in [7, 11) is -47.3. The molecule has 0 aliphatic heterocycles. The molecule has 0 saturated heterocycles. The van der Waals surface area contributed by atoms with Crippen molar-refractivity contribution in [3.05, 3.63) is 0 Å². The van der Waals surface area contributed by atoms with Gasteiger partial charge in [0.1, 0.15) is 0 Å². The van der Waals surface area contributed by atoms with Gasteiger partial charge in [-0.05, 0) is 0 Å². The summed E-state index contributed by atoms with van der Waals surface area (Å²) >= 11 is 258. The predicted molar refractivity (Wildman–Crippen MR) is 2070 cm³/mol. The first-order chi connectivity index (χ1) is 67.3. The van der Waals surface area contributed by atoms with E-state index in [-0.39, 0.29) is 0 Å². The van der Waals surface area contributed by atoms with Crippen LogP contribution in [0.15, 0.2) is 0 Å². The number of rotatable bonds is 72. The van der Waals surface area contributed by atoms with Crippen LogP contribution < -0.4 is 0 Å². The summed E-state index contributed by atoms with van der Waals surface area (Å²) in [4.78, 5) is 0. The van der Waals surface area contributed by atoms with E-state index in [0.29, 0.717) is 0 Å². The molecule has 0 rings (SSSR count). The second-order valence-corrected chi connectivity index (χ2v) is 3570. The van der Waals surface area contributed by atoms with Crippen LogP contribution in [-0.2, 0) is 0 Å². The Hall–Kier alpha value is 108. The van der Waals surface area contributed by atoms with E-state index in [0.717, 1.165) is 0 Å². The average Bonchev–Trinajstić information content (AvgIpc) is 0.813. The van der Waals surface area contributed by atoms with Crippen molar-refractivity contribution in [2.45, 2.75) is 0 Å². The normalized spacial score (nSPS) is 19.3. The van der Waals surface area contributed by atoms with Crippen molar-refractivity contribution in [3.63, 3.8) is 0 Å². The second kappa shape index (κ2) is 154. The fourth-order valence-corrected chi connectivity index (χ4v) is 29800. The molecule has 0 saturated carbocycles. The van der Waals surface area contributed by atoms with Gasteiger partial charge < -0.3 is 0 Å². The molecule has 0 nitrogen and oxygen atoms in total. The Morgan fingerprint density at radius 2 is 0.0541 bits per heavy atom. The van der Waals surface area contributed by atoms with Crippen LogP contribution in [0.1, 0.15) is 0 Å². The molecule has 0 bridgehead atoms. The predicted octanol–water partition coefficient (Wildman–Crippen LogP) is 131. The van der Waals surface area contributed by atoms with Crippen molar-refractivity contribution < 1.29 is 0 Å². The summed E-state index contributed by atoms with van der Waals surface area (Å²) in [5.74, 6) is 0. The summed E-state index contributed by atoms with van der Waals surface area (Å²) in [6, 6.07) is 0. The molecule has 0 amide bonds. The topological polar surface area (TPSA) is 0 Å². The molecular weight excluding hydrogens is 18800 g/mol. The molecule has 0 N–H and O–H groups in total. The molecule has 0 aromatic heterocycles. The van der Waals surface area contributed by atoms with E-state index in [9.17, 15) is 0 Å². The maximum atomic E-state index is 3.52. The van der Waals surface area contributed by atoms with Crippen LogP contribution in [-0.4, -0.2) is 0 Å². The van der Waals surface area contributed by atoms with E-state index in [2.05, 4.69) is 1400 Å². The van der Waals surface area contributed by atoms with Crippen LogP contribution in [0.25, 0.3) is 0 Å². The van der Waals surface area contributed by atoms with Crippen molar-refractivity contribution in [1.82, 2.24) is 0 Å². The third-order valence-corrected chi connectivity index (χ3v) is 11900. The fraction of sp³-hybridized carbons (Fsp3) is 0. The van der Waals surface area contributed by atoms with Crippen molar-refractivity contribution in [1.29, 1.82) is 0 Å². The zero-order valence-corrected chi connectivity index (χ0v) is 375. The van der Waals surface area contributed by atoms with Gasteiger partial charge in [-0.15, -0.1) is 0 Å². The number of hydrogen-bond acceptors (Lipinski definition) is 0. The third-order valence-electron chi connectivity index (χ3n) is 5.88. The van der Waals surface area contributed by atoms with Crippen molar-refractivity contribution in [2.75, 3.05) is 0 Å². The quantitative estimate of drug-likeness (QED) is 0.0533. The van der Waals surface area contributed by atoms with Gasteiger partial charge in [0.05, 0.1) is 0 Å². The fourth-order valence-electron chi connectivity index (χ4n) is 2.19. The molecule has 148 heavy (non-hydrogen) atoms. The minimum absolute atomic E-state index is 0.500. The maximum absolute atomic E-state index is 3.52. The van der Waals surface area contributed by atoms with Gasteiger partial charge in [0.25, 0.3) is 0 Å². The number of hydrogen-bond donors (Lipinski definition) is 0. The van der Waals surface area contributed by atoms with Gasteiger partial charge in [-0.25, -0.2) is 0 Å². The van der Waals surface area contributed by atoms with E-state index in [4.69, 9.17) is 0 Å². The molecule has 0 aliphatic carbocycles. The van der Waals surface area contributed by atoms with E-state index in [1.165, 1.54) is 0 Å². The van der Waals surface area contributed by atoms with Crippen LogP contribution in [0.2, 0.25) is 0 Å². The summed E-state index contributed by atoms with van der Waals surface area (Å²) in [5, 5.41) is 0. The van der Waals surface area contributed by atoms with Crippen LogP contribution in [0.3, 0.4) is 0 Å².